The summed E-state index contributed by atoms with van der Waals surface area (Å²) >= 11 is 0. The summed E-state index contributed by atoms with van der Waals surface area (Å²) < 4.78 is 0. The lowest BCUT2D eigenvalue weighted by Crippen LogP contribution is -2.34. The van der Waals surface area contributed by atoms with Crippen molar-refractivity contribution in [3.05, 3.63) is 24.5 Å². The standard InChI is InChI=1S/C14H21N7O/c1-20(10-5-13(16)22)8-2-9-21(11-15)14(17)19-12-3-6-18-7-4-12/h3-4,6-7H,2,5,8-10H2,1H3,(H2,16,22)(H2,17,18,19). The van der Waals surface area contributed by atoms with Crippen molar-refractivity contribution in [2.75, 3.05) is 32.0 Å². The molecule has 22 heavy (non-hydrogen) atoms. The molecule has 118 valence electrons. The van der Waals surface area contributed by atoms with Crippen LogP contribution in [0.5, 0.6) is 0 Å². The third-order valence-electron chi connectivity index (χ3n) is 3.00. The minimum atomic E-state index is -0.325. The third kappa shape index (κ3) is 6.67. The van der Waals surface area contributed by atoms with Gasteiger partial charge in [0.2, 0.25) is 11.9 Å². The topological polar surface area (TPSA) is 122 Å². The molecule has 0 aliphatic rings. The van der Waals surface area contributed by atoms with Gasteiger partial charge >= 0.3 is 0 Å². The quantitative estimate of drug-likeness (QED) is 0.277. The average Bonchev–Trinajstić information content (AvgIpc) is 2.50. The van der Waals surface area contributed by atoms with Crippen molar-refractivity contribution in [3.63, 3.8) is 0 Å². The molecule has 1 heterocycles. The van der Waals surface area contributed by atoms with Crippen LogP contribution in [0.3, 0.4) is 0 Å². The minimum Gasteiger partial charge on any atom is -0.370 e. The van der Waals surface area contributed by atoms with Crippen LogP contribution in [0.4, 0.5) is 5.69 Å². The van der Waals surface area contributed by atoms with Crippen molar-refractivity contribution in [1.82, 2.24) is 14.8 Å². The molecule has 0 bridgehead atoms. The Morgan fingerprint density at radius 3 is 2.68 bits per heavy atom. The lowest BCUT2D eigenvalue weighted by Gasteiger charge is -2.20. The smallest absolute Gasteiger partial charge is 0.218 e. The lowest BCUT2D eigenvalue weighted by atomic mass is 10.3. The zero-order valence-electron chi connectivity index (χ0n) is 12.6. The van der Waals surface area contributed by atoms with Gasteiger partial charge in [-0.1, -0.05) is 0 Å². The molecule has 0 unspecified atom stereocenters. The van der Waals surface area contributed by atoms with Crippen molar-refractivity contribution in [2.24, 2.45) is 5.73 Å². The predicted octanol–water partition coefficient (Wildman–Crippen LogP) is 0.409. The zero-order valence-corrected chi connectivity index (χ0v) is 12.6. The van der Waals surface area contributed by atoms with Crippen molar-refractivity contribution >= 4 is 17.6 Å². The average molecular weight is 303 g/mol. The van der Waals surface area contributed by atoms with Gasteiger partial charge in [-0.15, -0.1) is 0 Å². The van der Waals surface area contributed by atoms with E-state index in [1.54, 1.807) is 24.5 Å². The van der Waals surface area contributed by atoms with Gasteiger partial charge < -0.3 is 16.0 Å². The number of hydrogen-bond donors (Lipinski definition) is 3. The summed E-state index contributed by atoms with van der Waals surface area (Å²) in [6.07, 6.45) is 6.22. The first-order valence-corrected chi connectivity index (χ1v) is 6.92. The van der Waals surface area contributed by atoms with Gasteiger partial charge in [0.05, 0.1) is 0 Å². The summed E-state index contributed by atoms with van der Waals surface area (Å²) in [6.45, 7) is 1.73. The number of aromatic nitrogens is 1. The first-order valence-electron chi connectivity index (χ1n) is 6.92. The van der Waals surface area contributed by atoms with Gasteiger partial charge in [0.15, 0.2) is 6.19 Å². The molecule has 1 amide bonds. The van der Waals surface area contributed by atoms with Gasteiger partial charge in [0, 0.05) is 37.6 Å². The van der Waals surface area contributed by atoms with Gasteiger partial charge in [-0.2, -0.15) is 5.26 Å². The highest BCUT2D eigenvalue weighted by Crippen LogP contribution is 2.04. The number of guanidine groups is 1. The number of nitrogens with one attached hydrogen (secondary N) is 2. The van der Waals surface area contributed by atoms with Crippen LogP contribution in [0.25, 0.3) is 0 Å². The summed E-state index contributed by atoms with van der Waals surface area (Å²) in [5.74, 6) is -0.303. The van der Waals surface area contributed by atoms with Crippen LogP contribution in [-0.2, 0) is 4.79 Å². The molecule has 0 atom stereocenters. The predicted molar refractivity (Wildman–Crippen MR) is 83.8 cm³/mol. The highest BCUT2D eigenvalue weighted by molar-refractivity contribution is 5.92. The number of amides is 1. The first-order chi connectivity index (χ1) is 10.5. The molecule has 0 spiro atoms. The Balaban J connectivity index is 2.34. The molecule has 0 radical (unpaired) electrons. The number of primary amides is 1. The number of hydrogen-bond acceptors (Lipinski definition) is 5. The summed E-state index contributed by atoms with van der Waals surface area (Å²) in [5.41, 5.74) is 5.80. The first kappa shape index (κ1) is 17.4. The van der Waals surface area contributed by atoms with E-state index in [1.165, 1.54) is 4.90 Å². The van der Waals surface area contributed by atoms with Gasteiger partial charge in [-0.3, -0.25) is 15.2 Å². The minimum absolute atomic E-state index is 0.0217. The number of pyridine rings is 1. The number of nitriles is 1. The van der Waals surface area contributed by atoms with E-state index in [2.05, 4.69) is 10.3 Å². The molecule has 1 rings (SSSR count). The van der Waals surface area contributed by atoms with Crippen LogP contribution >= 0.6 is 0 Å². The molecule has 4 N–H and O–H groups in total. The Labute approximate surface area is 130 Å². The Hall–Kier alpha value is -2.66. The van der Waals surface area contributed by atoms with E-state index in [0.29, 0.717) is 38.2 Å². The van der Waals surface area contributed by atoms with Crippen molar-refractivity contribution in [2.45, 2.75) is 12.8 Å². The lowest BCUT2D eigenvalue weighted by molar-refractivity contribution is -0.118. The van der Waals surface area contributed by atoms with E-state index < -0.39 is 0 Å². The van der Waals surface area contributed by atoms with Crippen LogP contribution in [0.15, 0.2) is 24.5 Å². The second-order valence-corrected chi connectivity index (χ2v) is 4.83. The number of carbonyl (C=O) groups is 1. The maximum Gasteiger partial charge on any atom is 0.218 e. The van der Waals surface area contributed by atoms with Crippen molar-refractivity contribution in [3.8, 4) is 6.19 Å². The Morgan fingerprint density at radius 2 is 2.09 bits per heavy atom. The molecule has 1 aromatic rings. The SMILES string of the molecule is CN(CCCN(C#N)C(=N)Nc1ccncc1)CCC(N)=O. The Bertz CT molecular complexity index is 526. The highest BCUT2D eigenvalue weighted by atomic mass is 16.1. The van der Waals surface area contributed by atoms with Crippen LogP contribution in [-0.4, -0.2) is 53.3 Å². The van der Waals surface area contributed by atoms with E-state index in [1.807, 2.05) is 18.1 Å². The van der Waals surface area contributed by atoms with Gasteiger partial charge in [0.25, 0.3) is 0 Å². The van der Waals surface area contributed by atoms with Crippen LogP contribution in [0.1, 0.15) is 12.8 Å². The summed E-state index contributed by atoms with van der Waals surface area (Å²) in [4.78, 5) is 17.8. The molecule has 0 aromatic carbocycles. The summed E-state index contributed by atoms with van der Waals surface area (Å²) in [6, 6.07) is 3.45. The molecule has 0 aliphatic heterocycles. The summed E-state index contributed by atoms with van der Waals surface area (Å²) in [7, 11) is 1.89. The molecule has 8 heteroatoms. The van der Waals surface area contributed by atoms with E-state index in [-0.39, 0.29) is 11.9 Å². The Morgan fingerprint density at radius 1 is 1.41 bits per heavy atom. The fraction of sp³-hybridized carbons (Fsp3) is 0.429. The largest absolute Gasteiger partial charge is 0.370 e. The van der Waals surface area contributed by atoms with Crippen LogP contribution in [0.2, 0.25) is 0 Å². The van der Waals surface area contributed by atoms with Gasteiger partial charge in [-0.05, 0) is 32.1 Å². The van der Waals surface area contributed by atoms with E-state index in [0.717, 1.165) is 0 Å². The number of nitrogens with two attached hydrogens (primary N) is 1. The zero-order chi connectivity index (χ0) is 16.4. The van der Waals surface area contributed by atoms with Crippen molar-refractivity contribution < 1.29 is 4.79 Å². The highest BCUT2D eigenvalue weighted by Gasteiger charge is 2.10. The van der Waals surface area contributed by atoms with Crippen molar-refractivity contribution in [1.29, 1.82) is 10.7 Å². The maximum atomic E-state index is 10.7. The number of carbonyl (C=O) groups excluding carboxylic acids is 1. The summed E-state index contributed by atoms with van der Waals surface area (Å²) in [5, 5.41) is 19.9. The second-order valence-electron chi connectivity index (χ2n) is 4.83. The molecule has 0 saturated carbocycles. The molecule has 0 fully saturated rings. The molecule has 0 aliphatic carbocycles. The molecular weight excluding hydrogens is 282 g/mol. The van der Waals surface area contributed by atoms with E-state index >= 15 is 0 Å². The molecular formula is C14H21N7O. The molecule has 8 nitrogen and oxygen atoms in total. The van der Waals surface area contributed by atoms with Gasteiger partial charge in [0.1, 0.15) is 0 Å². The van der Waals surface area contributed by atoms with Crippen LogP contribution < -0.4 is 11.1 Å². The fourth-order valence-electron chi connectivity index (χ4n) is 1.76. The number of anilines is 1. The second kappa shape index (κ2) is 9.31. The third-order valence-corrected chi connectivity index (χ3v) is 3.00. The van der Waals surface area contributed by atoms with E-state index in [9.17, 15) is 4.79 Å². The maximum absolute atomic E-state index is 10.7. The van der Waals surface area contributed by atoms with E-state index in [4.69, 9.17) is 16.4 Å². The fourth-order valence-corrected chi connectivity index (χ4v) is 1.76. The van der Waals surface area contributed by atoms with Gasteiger partial charge in [-0.25, -0.2) is 4.90 Å². The molecule has 1 aromatic heterocycles. The Kier molecular flexibility index (Phi) is 7.36. The van der Waals surface area contributed by atoms with Crippen LogP contribution in [0, 0.1) is 16.9 Å². The number of nitrogens with zero attached hydrogens (tertiary/aromatic N) is 4. The number of rotatable bonds is 8. The monoisotopic (exact) mass is 303 g/mol. The molecule has 0 saturated heterocycles. The normalized spacial score (nSPS) is 10.0.